The Morgan fingerprint density at radius 1 is 1.15 bits per heavy atom. The van der Waals surface area contributed by atoms with Gasteiger partial charge in [0.05, 0.1) is 12.1 Å². The zero-order chi connectivity index (χ0) is 18.7. The predicted octanol–water partition coefficient (Wildman–Crippen LogP) is 5.06. The molecule has 3 rings (SSSR count). The molecular formula is C21H26N2O2S. The number of rotatable bonds is 4. The number of thiocarbonyl (C=S) groups is 1. The van der Waals surface area contributed by atoms with Gasteiger partial charge in [-0.05, 0) is 70.2 Å². The van der Waals surface area contributed by atoms with Gasteiger partial charge in [-0.1, -0.05) is 18.2 Å². The Balaban J connectivity index is 1.66. The molecule has 2 aromatic rings. The van der Waals surface area contributed by atoms with Gasteiger partial charge in [0.25, 0.3) is 0 Å². The maximum atomic E-state index is 6.08. The molecule has 1 aliphatic rings. The predicted molar refractivity (Wildman–Crippen MR) is 110 cm³/mol. The summed E-state index contributed by atoms with van der Waals surface area (Å²) in [7, 11) is 0. The van der Waals surface area contributed by atoms with Crippen LogP contribution in [0.3, 0.4) is 0 Å². The average Bonchev–Trinajstić information content (AvgIpc) is 2.55. The van der Waals surface area contributed by atoms with E-state index in [1.165, 1.54) is 0 Å². The summed E-state index contributed by atoms with van der Waals surface area (Å²) in [6.07, 6.45) is 1.00. The minimum atomic E-state index is -0.239. The Kier molecular flexibility index (Phi) is 5.37. The summed E-state index contributed by atoms with van der Waals surface area (Å²) < 4.78 is 11.7. The van der Waals surface area contributed by atoms with Crippen molar-refractivity contribution in [1.29, 1.82) is 0 Å². The Morgan fingerprint density at radius 2 is 1.85 bits per heavy atom. The van der Waals surface area contributed by atoms with Gasteiger partial charge in [0.1, 0.15) is 17.1 Å². The molecule has 0 amide bonds. The largest absolute Gasteiger partial charge is 0.491 e. The van der Waals surface area contributed by atoms with E-state index in [0.717, 1.165) is 29.2 Å². The van der Waals surface area contributed by atoms with Crippen molar-refractivity contribution in [3.8, 4) is 11.5 Å². The van der Waals surface area contributed by atoms with E-state index in [-0.39, 0.29) is 17.7 Å². The molecule has 2 N–H and O–H groups in total. The van der Waals surface area contributed by atoms with Gasteiger partial charge in [-0.2, -0.15) is 0 Å². The van der Waals surface area contributed by atoms with E-state index in [0.29, 0.717) is 5.11 Å². The van der Waals surface area contributed by atoms with Crippen LogP contribution in [0.2, 0.25) is 0 Å². The molecule has 26 heavy (non-hydrogen) atoms. The molecule has 2 aromatic carbocycles. The fourth-order valence-electron chi connectivity index (χ4n) is 3.15. The third-order valence-electron chi connectivity index (χ3n) is 4.17. The Labute approximate surface area is 160 Å². The molecule has 0 aliphatic carbocycles. The summed E-state index contributed by atoms with van der Waals surface area (Å²) >= 11 is 5.53. The molecular weight excluding hydrogens is 344 g/mol. The van der Waals surface area contributed by atoms with Crippen LogP contribution in [0, 0.1) is 0 Å². The standard InChI is InChI=1S/C21H26N2O2S/c1-14(2)24-16-11-9-15(10-12-16)22-20(26)23-18-13-21(3,4)25-19-8-6-5-7-17(18)19/h5-12,14,18H,13H2,1-4H3,(H2,22,23,26)/t18-/m1/s1. The highest BCUT2D eigenvalue weighted by Crippen LogP contribution is 2.39. The molecule has 0 unspecified atom stereocenters. The second kappa shape index (κ2) is 7.54. The normalized spacial score (nSPS) is 17.8. The second-order valence-electron chi connectivity index (χ2n) is 7.45. The van der Waals surface area contributed by atoms with Gasteiger partial charge in [-0.3, -0.25) is 0 Å². The maximum absolute atomic E-state index is 6.08. The number of hydrogen-bond acceptors (Lipinski definition) is 3. The summed E-state index contributed by atoms with van der Waals surface area (Å²) in [5.74, 6) is 1.77. The van der Waals surface area contributed by atoms with Gasteiger partial charge in [0.2, 0.25) is 0 Å². The lowest BCUT2D eigenvalue weighted by molar-refractivity contribution is 0.0697. The summed E-state index contributed by atoms with van der Waals surface area (Å²) in [5.41, 5.74) is 1.83. The van der Waals surface area contributed by atoms with E-state index in [1.54, 1.807) is 0 Å². The van der Waals surface area contributed by atoms with Gasteiger partial charge in [-0.15, -0.1) is 0 Å². The molecule has 0 spiro atoms. The van der Waals surface area contributed by atoms with E-state index >= 15 is 0 Å². The maximum Gasteiger partial charge on any atom is 0.171 e. The minimum Gasteiger partial charge on any atom is -0.491 e. The van der Waals surface area contributed by atoms with Crippen LogP contribution in [0.5, 0.6) is 11.5 Å². The smallest absolute Gasteiger partial charge is 0.171 e. The number of para-hydroxylation sites is 1. The molecule has 4 nitrogen and oxygen atoms in total. The van der Waals surface area contributed by atoms with Crippen LogP contribution >= 0.6 is 12.2 Å². The molecule has 0 fully saturated rings. The van der Waals surface area contributed by atoms with Crippen LogP contribution < -0.4 is 20.1 Å². The Morgan fingerprint density at radius 3 is 2.54 bits per heavy atom. The fraction of sp³-hybridized carbons (Fsp3) is 0.381. The first-order valence-corrected chi connectivity index (χ1v) is 9.35. The lowest BCUT2D eigenvalue weighted by atomic mass is 9.90. The first-order chi connectivity index (χ1) is 12.3. The van der Waals surface area contributed by atoms with Gasteiger partial charge < -0.3 is 20.1 Å². The van der Waals surface area contributed by atoms with Crippen LogP contribution in [-0.4, -0.2) is 16.8 Å². The van der Waals surface area contributed by atoms with Crippen molar-refractivity contribution in [3.63, 3.8) is 0 Å². The third-order valence-corrected chi connectivity index (χ3v) is 4.39. The number of hydrogen-bond donors (Lipinski definition) is 2. The molecule has 1 atom stereocenters. The van der Waals surface area contributed by atoms with Crippen molar-refractivity contribution in [2.75, 3.05) is 5.32 Å². The minimum absolute atomic E-state index is 0.110. The van der Waals surface area contributed by atoms with Crippen molar-refractivity contribution >= 4 is 23.0 Å². The zero-order valence-corrected chi connectivity index (χ0v) is 16.5. The lowest BCUT2D eigenvalue weighted by Crippen LogP contribution is -2.42. The van der Waals surface area contributed by atoms with Gasteiger partial charge in [-0.25, -0.2) is 0 Å². The van der Waals surface area contributed by atoms with Crippen LogP contribution in [-0.2, 0) is 0 Å². The molecule has 0 saturated heterocycles. The first-order valence-electron chi connectivity index (χ1n) is 8.94. The molecule has 0 aromatic heterocycles. The highest BCUT2D eigenvalue weighted by molar-refractivity contribution is 7.80. The molecule has 0 saturated carbocycles. The molecule has 0 bridgehead atoms. The van der Waals surface area contributed by atoms with Crippen LogP contribution in [0.25, 0.3) is 0 Å². The van der Waals surface area contributed by atoms with Crippen LogP contribution in [0.15, 0.2) is 48.5 Å². The number of anilines is 1. The second-order valence-corrected chi connectivity index (χ2v) is 7.85. The van der Waals surface area contributed by atoms with E-state index in [9.17, 15) is 0 Å². The molecule has 0 radical (unpaired) electrons. The van der Waals surface area contributed by atoms with Crippen LogP contribution in [0.1, 0.15) is 45.7 Å². The zero-order valence-electron chi connectivity index (χ0n) is 15.7. The first kappa shape index (κ1) is 18.5. The molecule has 138 valence electrons. The van der Waals surface area contributed by atoms with Crippen LogP contribution in [0.4, 0.5) is 5.69 Å². The van der Waals surface area contributed by atoms with E-state index in [2.05, 4.69) is 30.5 Å². The van der Waals surface area contributed by atoms with Crippen molar-refractivity contribution in [2.24, 2.45) is 0 Å². The quantitative estimate of drug-likeness (QED) is 0.736. The van der Waals surface area contributed by atoms with Gasteiger partial charge >= 0.3 is 0 Å². The van der Waals surface area contributed by atoms with Crippen molar-refractivity contribution in [3.05, 3.63) is 54.1 Å². The van der Waals surface area contributed by atoms with Gasteiger partial charge in [0, 0.05) is 17.7 Å². The number of benzene rings is 2. The summed E-state index contributed by atoms with van der Waals surface area (Å²) in [4.78, 5) is 0. The van der Waals surface area contributed by atoms with Crippen molar-refractivity contribution in [1.82, 2.24) is 5.32 Å². The fourth-order valence-corrected chi connectivity index (χ4v) is 3.41. The summed E-state index contributed by atoms with van der Waals surface area (Å²) in [6, 6.07) is 16.0. The highest BCUT2D eigenvalue weighted by Gasteiger charge is 2.33. The van der Waals surface area contributed by atoms with Gasteiger partial charge in [0.15, 0.2) is 5.11 Å². The lowest BCUT2D eigenvalue weighted by Gasteiger charge is -2.38. The topological polar surface area (TPSA) is 42.5 Å². The summed E-state index contributed by atoms with van der Waals surface area (Å²) in [5, 5.41) is 7.28. The van der Waals surface area contributed by atoms with Crippen molar-refractivity contribution < 1.29 is 9.47 Å². The summed E-state index contributed by atoms with van der Waals surface area (Å²) in [6.45, 7) is 8.22. The third kappa shape index (κ3) is 4.67. The molecule has 1 heterocycles. The monoisotopic (exact) mass is 370 g/mol. The number of ether oxygens (including phenoxy) is 2. The highest BCUT2D eigenvalue weighted by atomic mass is 32.1. The van der Waals surface area contributed by atoms with E-state index in [1.807, 2.05) is 56.3 Å². The Hall–Kier alpha value is -2.27. The number of fused-ring (bicyclic) bond motifs is 1. The van der Waals surface area contributed by atoms with Crippen molar-refractivity contribution in [2.45, 2.75) is 51.9 Å². The van der Waals surface area contributed by atoms with E-state index in [4.69, 9.17) is 21.7 Å². The van der Waals surface area contributed by atoms with E-state index < -0.39 is 0 Å². The molecule has 5 heteroatoms. The number of nitrogens with one attached hydrogen (secondary N) is 2. The Bertz CT molecular complexity index is 772. The average molecular weight is 371 g/mol. The SMILES string of the molecule is CC(C)Oc1ccc(NC(=S)N[C@@H]2CC(C)(C)Oc3ccccc32)cc1. The molecule has 1 aliphatic heterocycles.